The Morgan fingerprint density at radius 3 is 2.40 bits per heavy atom. The summed E-state index contributed by atoms with van der Waals surface area (Å²) in [6.45, 7) is 4.06. The number of benzene rings is 1. The number of nitrogens with one attached hydrogen (secondary N) is 2. The van der Waals surface area contributed by atoms with E-state index in [0.29, 0.717) is 24.5 Å². The van der Waals surface area contributed by atoms with Gasteiger partial charge in [-0.25, -0.2) is 0 Å². The topological polar surface area (TPSA) is 103 Å². The number of hydrogen-bond donors (Lipinski definition) is 3. The van der Waals surface area contributed by atoms with E-state index >= 15 is 0 Å². The maximum Gasteiger partial charge on any atom is 0.239 e. The summed E-state index contributed by atoms with van der Waals surface area (Å²) in [5.41, 5.74) is 6.67. The molecule has 0 spiro atoms. The highest BCUT2D eigenvalue weighted by molar-refractivity contribution is 5.87. The summed E-state index contributed by atoms with van der Waals surface area (Å²) in [5.74, 6) is 0.864. The number of ether oxygens (including phenoxy) is 2. The van der Waals surface area contributed by atoms with E-state index in [1.165, 1.54) is 0 Å². The minimum absolute atomic E-state index is 0. The zero-order valence-electron chi connectivity index (χ0n) is 15.1. The van der Waals surface area contributed by atoms with Crippen molar-refractivity contribution in [1.29, 1.82) is 0 Å². The fourth-order valence-electron chi connectivity index (χ4n) is 2.05. The third-order valence-corrected chi connectivity index (χ3v) is 3.65. The molecule has 142 valence electrons. The normalized spacial score (nSPS) is 11.3. The number of nitrogens with two attached hydrogens (primary N) is 1. The van der Waals surface area contributed by atoms with Crippen LogP contribution in [0.4, 0.5) is 0 Å². The number of hydrogen-bond acceptors (Lipinski definition) is 5. The van der Waals surface area contributed by atoms with Gasteiger partial charge in [-0.05, 0) is 24.0 Å². The lowest BCUT2D eigenvalue weighted by Gasteiger charge is -2.15. The van der Waals surface area contributed by atoms with E-state index in [-0.39, 0.29) is 36.7 Å². The number of halogens is 1. The SMILES string of the molecule is COc1ccc(CCNC(=O)CNC(=O)[C@@H](N)C(C)C)c(OC)c1.Cl. The minimum atomic E-state index is -0.610. The minimum Gasteiger partial charge on any atom is -0.497 e. The van der Waals surface area contributed by atoms with Gasteiger partial charge in [0, 0.05) is 12.6 Å². The molecule has 4 N–H and O–H groups in total. The summed E-state index contributed by atoms with van der Waals surface area (Å²) in [7, 11) is 3.18. The van der Waals surface area contributed by atoms with E-state index in [1.54, 1.807) is 20.3 Å². The van der Waals surface area contributed by atoms with Crippen molar-refractivity contribution in [2.24, 2.45) is 11.7 Å². The largest absolute Gasteiger partial charge is 0.497 e. The summed E-state index contributed by atoms with van der Waals surface area (Å²) in [6, 6.07) is 4.92. The van der Waals surface area contributed by atoms with Crippen LogP contribution in [0.15, 0.2) is 18.2 Å². The van der Waals surface area contributed by atoms with Crippen LogP contribution < -0.4 is 25.8 Å². The van der Waals surface area contributed by atoms with Crippen LogP contribution in [0.1, 0.15) is 19.4 Å². The van der Waals surface area contributed by atoms with Crippen LogP contribution in [-0.2, 0) is 16.0 Å². The van der Waals surface area contributed by atoms with Gasteiger partial charge in [0.1, 0.15) is 11.5 Å². The lowest BCUT2D eigenvalue weighted by atomic mass is 10.1. The zero-order chi connectivity index (χ0) is 18.1. The van der Waals surface area contributed by atoms with E-state index in [0.717, 1.165) is 5.56 Å². The van der Waals surface area contributed by atoms with Gasteiger partial charge in [-0.1, -0.05) is 19.9 Å². The number of carbonyl (C=O) groups excluding carboxylic acids is 2. The second-order valence-electron chi connectivity index (χ2n) is 5.77. The summed E-state index contributed by atoms with van der Waals surface area (Å²) in [6.07, 6.45) is 0.609. The van der Waals surface area contributed by atoms with Gasteiger partial charge in [-0.15, -0.1) is 12.4 Å². The highest BCUT2D eigenvalue weighted by Crippen LogP contribution is 2.24. The van der Waals surface area contributed by atoms with Crippen LogP contribution >= 0.6 is 12.4 Å². The van der Waals surface area contributed by atoms with Gasteiger partial charge in [-0.2, -0.15) is 0 Å². The molecule has 8 heteroatoms. The third kappa shape index (κ3) is 7.62. The number of rotatable bonds is 9. The highest BCUT2D eigenvalue weighted by atomic mass is 35.5. The first kappa shape index (κ1) is 23.0. The Labute approximate surface area is 155 Å². The van der Waals surface area contributed by atoms with Gasteiger partial charge >= 0.3 is 0 Å². The van der Waals surface area contributed by atoms with Crippen molar-refractivity contribution in [3.63, 3.8) is 0 Å². The molecule has 0 fully saturated rings. The Hall–Kier alpha value is -1.99. The molecule has 2 amide bonds. The summed E-state index contributed by atoms with van der Waals surface area (Å²) in [4.78, 5) is 23.5. The van der Waals surface area contributed by atoms with Crippen molar-refractivity contribution in [3.8, 4) is 11.5 Å². The van der Waals surface area contributed by atoms with E-state index in [1.807, 2.05) is 26.0 Å². The molecule has 0 saturated heterocycles. The standard InChI is InChI=1S/C17H27N3O4.ClH/c1-11(2)16(18)17(22)20-10-15(21)19-8-7-12-5-6-13(23-3)9-14(12)24-4;/h5-6,9,11,16H,7-8,10,18H2,1-4H3,(H,19,21)(H,20,22);1H/t16-;/m0./s1. The van der Waals surface area contributed by atoms with Crippen LogP contribution in [0.5, 0.6) is 11.5 Å². The molecule has 0 heterocycles. The maximum atomic E-state index is 11.8. The lowest BCUT2D eigenvalue weighted by molar-refractivity contribution is -0.127. The monoisotopic (exact) mass is 373 g/mol. The van der Waals surface area contributed by atoms with Crippen molar-refractivity contribution < 1.29 is 19.1 Å². The average Bonchev–Trinajstić information content (AvgIpc) is 2.58. The van der Waals surface area contributed by atoms with E-state index in [4.69, 9.17) is 15.2 Å². The molecule has 1 aromatic carbocycles. The van der Waals surface area contributed by atoms with Crippen molar-refractivity contribution in [2.75, 3.05) is 27.3 Å². The zero-order valence-corrected chi connectivity index (χ0v) is 15.9. The van der Waals surface area contributed by atoms with Gasteiger partial charge in [0.2, 0.25) is 11.8 Å². The van der Waals surface area contributed by atoms with Crippen LogP contribution in [0.25, 0.3) is 0 Å². The van der Waals surface area contributed by atoms with Crippen LogP contribution in [-0.4, -0.2) is 45.2 Å². The molecule has 0 aliphatic carbocycles. The van der Waals surface area contributed by atoms with E-state index in [2.05, 4.69) is 10.6 Å². The van der Waals surface area contributed by atoms with Gasteiger partial charge in [-0.3, -0.25) is 9.59 Å². The molecule has 0 aliphatic heterocycles. The van der Waals surface area contributed by atoms with Gasteiger partial charge < -0.3 is 25.8 Å². The second kappa shape index (κ2) is 11.5. The Morgan fingerprint density at radius 2 is 1.84 bits per heavy atom. The number of carbonyl (C=O) groups is 2. The molecule has 1 aromatic rings. The molecule has 25 heavy (non-hydrogen) atoms. The Bertz CT molecular complexity index is 567. The van der Waals surface area contributed by atoms with Crippen molar-refractivity contribution in [1.82, 2.24) is 10.6 Å². The highest BCUT2D eigenvalue weighted by Gasteiger charge is 2.17. The molecule has 0 unspecified atom stereocenters. The van der Waals surface area contributed by atoms with Gasteiger partial charge in [0.25, 0.3) is 0 Å². The fraction of sp³-hybridized carbons (Fsp3) is 0.529. The second-order valence-corrected chi connectivity index (χ2v) is 5.77. The third-order valence-electron chi connectivity index (χ3n) is 3.65. The molecule has 1 atom stereocenters. The van der Waals surface area contributed by atoms with Gasteiger partial charge in [0.05, 0.1) is 26.8 Å². The summed E-state index contributed by atoms with van der Waals surface area (Å²) < 4.78 is 10.5. The first-order valence-corrected chi connectivity index (χ1v) is 7.90. The van der Waals surface area contributed by atoms with Crippen molar-refractivity contribution in [2.45, 2.75) is 26.3 Å². The molecule has 0 aromatic heterocycles. The Morgan fingerprint density at radius 1 is 1.16 bits per heavy atom. The van der Waals surface area contributed by atoms with Gasteiger partial charge in [0.15, 0.2) is 0 Å². The van der Waals surface area contributed by atoms with Crippen LogP contribution in [0.2, 0.25) is 0 Å². The first-order valence-electron chi connectivity index (χ1n) is 7.90. The van der Waals surface area contributed by atoms with Crippen LogP contribution in [0, 0.1) is 5.92 Å². The molecular weight excluding hydrogens is 346 g/mol. The molecule has 0 bridgehead atoms. The predicted octanol–water partition coefficient (Wildman–Crippen LogP) is 0.884. The predicted molar refractivity (Wildman–Crippen MR) is 99.3 cm³/mol. The molecule has 7 nitrogen and oxygen atoms in total. The van der Waals surface area contributed by atoms with Crippen molar-refractivity contribution in [3.05, 3.63) is 23.8 Å². The summed E-state index contributed by atoms with van der Waals surface area (Å²) >= 11 is 0. The van der Waals surface area contributed by atoms with E-state index in [9.17, 15) is 9.59 Å². The Balaban J connectivity index is 0.00000576. The number of methoxy groups -OCH3 is 2. The Kier molecular flexibility index (Phi) is 10.6. The fourth-order valence-corrected chi connectivity index (χ4v) is 2.05. The number of amides is 2. The molecular formula is C17H28ClN3O4. The lowest BCUT2D eigenvalue weighted by Crippen LogP contribution is -2.47. The molecule has 1 rings (SSSR count). The summed E-state index contributed by atoms with van der Waals surface area (Å²) in [5, 5.41) is 5.29. The van der Waals surface area contributed by atoms with E-state index < -0.39 is 6.04 Å². The maximum absolute atomic E-state index is 11.8. The van der Waals surface area contributed by atoms with Crippen molar-refractivity contribution >= 4 is 24.2 Å². The smallest absolute Gasteiger partial charge is 0.239 e. The molecule has 0 radical (unpaired) electrons. The average molecular weight is 374 g/mol. The first-order chi connectivity index (χ1) is 11.4. The molecule has 0 aliphatic rings. The van der Waals surface area contributed by atoms with Crippen LogP contribution in [0.3, 0.4) is 0 Å². The molecule has 0 saturated carbocycles. The quantitative estimate of drug-likeness (QED) is 0.596.